The van der Waals surface area contributed by atoms with Crippen LogP contribution in [-0.4, -0.2) is 84.4 Å². The fourth-order valence-corrected chi connectivity index (χ4v) is 5.04. The minimum atomic E-state index is -0.402. The minimum Gasteiger partial charge on any atom is -0.381 e. The quantitative estimate of drug-likeness (QED) is 0.737. The lowest BCUT2D eigenvalue weighted by Crippen LogP contribution is -2.55. The Morgan fingerprint density at radius 3 is 2.62 bits per heavy atom. The van der Waals surface area contributed by atoms with Crippen molar-refractivity contribution in [2.75, 3.05) is 45.9 Å². The Balaban J connectivity index is 1.40. The summed E-state index contributed by atoms with van der Waals surface area (Å²) in [6.45, 7) is 4.31. The zero-order chi connectivity index (χ0) is 18.1. The molecule has 26 heavy (non-hydrogen) atoms. The second kappa shape index (κ2) is 7.18. The van der Waals surface area contributed by atoms with E-state index in [4.69, 9.17) is 4.74 Å². The summed E-state index contributed by atoms with van der Waals surface area (Å²) in [5.41, 5.74) is -0.402. The maximum Gasteiger partial charge on any atom is 0.242 e. The third kappa shape index (κ3) is 3.21. The SMILES string of the molecule is O=C1CCCN1CC(=O)N1CC[C@@]2(CCCN(C3CCOCC3)C2=O)C1. The summed E-state index contributed by atoms with van der Waals surface area (Å²) in [5, 5.41) is 0. The second-order valence-corrected chi connectivity index (χ2v) is 8.21. The van der Waals surface area contributed by atoms with Crippen molar-refractivity contribution in [3.05, 3.63) is 0 Å². The van der Waals surface area contributed by atoms with E-state index in [2.05, 4.69) is 4.90 Å². The standard InChI is InChI=1S/C19H29N3O4/c23-16-3-1-8-20(16)13-17(24)21-10-7-19(14-21)6-2-9-22(18(19)25)15-4-11-26-12-5-15/h15H,1-14H2/t19-/m0/s1. The highest BCUT2D eigenvalue weighted by Gasteiger charge is 2.50. The van der Waals surface area contributed by atoms with Crippen molar-refractivity contribution in [3.63, 3.8) is 0 Å². The fraction of sp³-hybridized carbons (Fsp3) is 0.842. The molecule has 0 bridgehead atoms. The number of hydrogen-bond donors (Lipinski definition) is 0. The maximum absolute atomic E-state index is 13.3. The van der Waals surface area contributed by atoms with Gasteiger partial charge < -0.3 is 19.4 Å². The molecule has 0 unspecified atom stereocenters. The fourth-order valence-electron chi connectivity index (χ4n) is 5.04. The molecule has 0 aromatic carbocycles. The highest BCUT2D eigenvalue weighted by atomic mass is 16.5. The molecule has 144 valence electrons. The third-order valence-corrected chi connectivity index (χ3v) is 6.60. The third-order valence-electron chi connectivity index (χ3n) is 6.60. The van der Waals surface area contributed by atoms with Gasteiger partial charge in [0.1, 0.15) is 0 Å². The van der Waals surface area contributed by atoms with Gasteiger partial charge in [-0.05, 0) is 38.5 Å². The summed E-state index contributed by atoms with van der Waals surface area (Å²) >= 11 is 0. The average Bonchev–Trinajstić information content (AvgIpc) is 3.26. The number of hydrogen-bond acceptors (Lipinski definition) is 4. The van der Waals surface area contributed by atoms with Crippen LogP contribution in [0.5, 0.6) is 0 Å². The van der Waals surface area contributed by atoms with Crippen LogP contribution in [0.4, 0.5) is 0 Å². The molecule has 4 aliphatic rings. The summed E-state index contributed by atoms with van der Waals surface area (Å²) in [5.74, 6) is 0.308. The zero-order valence-electron chi connectivity index (χ0n) is 15.5. The number of carbonyl (C=O) groups is 3. The van der Waals surface area contributed by atoms with Crippen LogP contribution in [0.3, 0.4) is 0 Å². The van der Waals surface area contributed by atoms with E-state index in [0.29, 0.717) is 32.1 Å². The largest absolute Gasteiger partial charge is 0.381 e. The van der Waals surface area contributed by atoms with Gasteiger partial charge in [-0.2, -0.15) is 0 Å². The van der Waals surface area contributed by atoms with Crippen LogP contribution >= 0.6 is 0 Å². The number of piperidine rings is 1. The van der Waals surface area contributed by atoms with Gasteiger partial charge in [0.05, 0.1) is 12.0 Å². The van der Waals surface area contributed by atoms with Crippen LogP contribution in [0.15, 0.2) is 0 Å². The van der Waals surface area contributed by atoms with E-state index in [1.54, 1.807) is 4.90 Å². The Morgan fingerprint density at radius 2 is 1.88 bits per heavy atom. The molecule has 4 aliphatic heterocycles. The Kier molecular flexibility index (Phi) is 4.90. The van der Waals surface area contributed by atoms with Gasteiger partial charge >= 0.3 is 0 Å². The molecule has 4 heterocycles. The minimum absolute atomic E-state index is 0.00638. The molecule has 0 radical (unpaired) electrons. The highest BCUT2D eigenvalue weighted by molar-refractivity contribution is 5.88. The Labute approximate surface area is 154 Å². The van der Waals surface area contributed by atoms with Crippen molar-refractivity contribution in [1.29, 1.82) is 0 Å². The Bertz CT molecular complexity index is 589. The monoisotopic (exact) mass is 363 g/mol. The van der Waals surface area contributed by atoms with Crippen molar-refractivity contribution in [2.24, 2.45) is 5.41 Å². The maximum atomic E-state index is 13.3. The van der Waals surface area contributed by atoms with Crippen molar-refractivity contribution >= 4 is 17.7 Å². The van der Waals surface area contributed by atoms with Gasteiger partial charge in [-0.3, -0.25) is 14.4 Å². The molecular weight excluding hydrogens is 334 g/mol. The predicted octanol–water partition coefficient (Wildman–Crippen LogP) is 0.629. The zero-order valence-corrected chi connectivity index (χ0v) is 15.5. The lowest BCUT2D eigenvalue weighted by molar-refractivity contribution is -0.151. The molecule has 1 atom stereocenters. The molecule has 1 spiro atoms. The van der Waals surface area contributed by atoms with Crippen LogP contribution in [0.2, 0.25) is 0 Å². The van der Waals surface area contributed by atoms with E-state index in [-0.39, 0.29) is 24.3 Å². The first kappa shape index (κ1) is 17.8. The van der Waals surface area contributed by atoms with E-state index in [0.717, 1.165) is 58.3 Å². The summed E-state index contributed by atoms with van der Waals surface area (Å²) in [6.07, 6.45) is 5.87. The van der Waals surface area contributed by atoms with Gasteiger partial charge in [0.2, 0.25) is 17.7 Å². The van der Waals surface area contributed by atoms with Crippen molar-refractivity contribution in [1.82, 2.24) is 14.7 Å². The highest BCUT2D eigenvalue weighted by Crippen LogP contribution is 2.41. The molecular formula is C19H29N3O4. The molecule has 7 nitrogen and oxygen atoms in total. The molecule has 3 amide bonds. The van der Waals surface area contributed by atoms with Crippen LogP contribution in [0.1, 0.15) is 44.9 Å². The molecule has 7 heteroatoms. The normalized spacial score (nSPS) is 30.7. The molecule has 4 saturated heterocycles. The first-order valence-corrected chi connectivity index (χ1v) is 10.0. The number of likely N-dealkylation sites (tertiary alicyclic amines) is 3. The first-order chi connectivity index (χ1) is 12.6. The van der Waals surface area contributed by atoms with Crippen LogP contribution in [0, 0.1) is 5.41 Å². The summed E-state index contributed by atoms with van der Waals surface area (Å²) in [4.78, 5) is 43.3. The molecule has 4 rings (SSSR count). The molecule has 0 aromatic heterocycles. The summed E-state index contributed by atoms with van der Waals surface area (Å²) in [7, 11) is 0. The van der Waals surface area contributed by atoms with Gasteiger partial charge in [0.15, 0.2) is 0 Å². The van der Waals surface area contributed by atoms with Crippen LogP contribution in [0.25, 0.3) is 0 Å². The summed E-state index contributed by atoms with van der Waals surface area (Å²) < 4.78 is 5.44. The Hall–Kier alpha value is -1.63. The van der Waals surface area contributed by atoms with Crippen molar-refractivity contribution in [3.8, 4) is 0 Å². The number of rotatable bonds is 3. The number of ether oxygens (including phenoxy) is 1. The van der Waals surface area contributed by atoms with Gasteiger partial charge in [-0.15, -0.1) is 0 Å². The van der Waals surface area contributed by atoms with E-state index in [1.807, 2.05) is 4.90 Å². The lowest BCUT2D eigenvalue weighted by Gasteiger charge is -2.44. The van der Waals surface area contributed by atoms with Crippen LogP contribution < -0.4 is 0 Å². The molecule has 0 aliphatic carbocycles. The van der Waals surface area contributed by atoms with E-state index in [9.17, 15) is 14.4 Å². The van der Waals surface area contributed by atoms with E-state index >= 15 is 0 Å². The molecule has 4 fully saturated rings. The van der Waals surface area contributed by atoms with Crippen LogP contribution in [-0.2, 0) is 19.1 Å². The summed E-state index contributed by atoms with van der Waals surface area (Å²) in [6, 6.07) is 0.292. The second-order valence-electron chi connectivity index (χ2n) is 8.21. The molecule has 0 N–H and O–H groups in total. The predicted molar refractivity (Wildman–Crippen MR) is 94.2 cm³/mol. The van der Waals surface area contributed by atoms with Gasteiger partial charge in [-0.25, -0.2) is 0 Å². The number of amides is 3. The lowest BCUT2D eigenvalue weighted by atomic mass is 9.77. The number of carbonyl (C=O) groups excluding carboxylic acids is 3. The van der Waals surface area contributed by atoms with E-state index < -0.39 is 5.41 Å². The van der Waals surface area contributed by atoms with Crippen molar-refractivity contribution < 1.29 is 19.1 Å². The van der Waals surface area contributed by atoms with E-state index in [1.165, 1.54) is 0 Å². The smallest absolute Gasteiger partial charge is 0.242 e. The topological polar surface area (TPSA) is 70.2 Å². The van der Waals surface area contributed by atoms with Gasteiger partial charge in [0.25, 0.3) is 0 Å². The average molecular weight is 363 g/mol. The number of nitrogens with zero attached hydrogens (tertiary/aromatic N) is 3. The Morgan fingerprint density at radius 1 is 1.08 bits per heavy atom. The van der Waals surface area contributed by atoms with Gasteiger partial charge in [-0.1, -0.05) is 0 Å². The van der Waals surface area contributed by atoms with Crippen molar-refractivity contribution in [2.45, 2.75) is 51.0 Å². The molecule has 0 aromatic rings. The molecule has 0 saturated carbocycles. The first-order valence-electron chi connectivity index (χ1n) is 10.0. The van der Waals surface area contributed by atoms with Gasteiger partial charge in [0, 0.05) is 51.9 Å².